The van der Waals surface area contributed by atoms with Gasteiger partial charge in [-0.25, -0.2) is 8.78 Å². The van der Waals surface area contributed by atoms with Gasteiger partial charge < -0.3 is 4.74 Å². The molecule has 0 amide bonds. The summed E-state index contributed by atoms with van der Waals surface area (Å²) in [6.45, 7) is 3.03. The Morgan fingerprint density at radius 2 is 1.79 bits per heavy atom. The number of hydrogen-bond donors (Lipinski definition) is 0. The second-order valence-electron chi connectivity index (χ2n) is 5.73. The van der Waals surface area contributed by atoms with Crippen LogP contribution in [-0.2, 0) is 11.3 Å². The molecular formula is C15H19F2NO. The van der Waals surface area contributed by atoms with Crippen LogP contribution in [0.15, 0.2) is 18.2 Å². The molecule has 0 N–H and O–H groups in total. The Kier molecular flexibility index (Phi) is 3.54. The lowest BCUT2D eigenvalue weighted by Gasteiger charge is -2.40. The van der Waals surface area contributed by atoms with E-state index in [1.54, 1.807) is 0 Å². The normalized spacial score (nSPS) is 23.1. The SMILES string of the molecule is Fc1cc(F)cc(CN2CCOC3(CCCC3)C2)c1. The molecule has 1 saturated carbocycles. The van der Waals surface area contributed by atoms with E-state index >= 15 is 0 Å². The third-order valence-electron chi connectivity index (χ3n) is 4.17. The van der Waals surface area contributed by atoms with Crippen molar-refractivity contribution in [3.63, 3.8) is 0 Å². The molecule has 1 heterocycles. The molecule has 0 atom stereocenters. The highest BCUT2D eigenvalue weighted by atomic mass is 19.1. The van der Waals surface area contributed by atoms with Gasteiger partial charge in [0, 0.05) is 25.7 Å². The van der Waals surface area contributed by atoms with Crippen molar-refractivity contribution in [2.24, 2.45) is 0 Å². The minimum absolute atomic E-state index is 0.00409. The van der Waals surface area contributed by atoms with E-state index in [0.717, 1.165) is 38.6 Å². The molecule has 1 saturated heterocycles. The van der Waals surface area contributed by atoms with Gasteiger partial charge in [0.15, 0.2) is 0 Å². The summed E-state index contributed by atoms with van der Waals surface area (Å²) in [5.41, 5.74) is 0.706. The van der Waals surface area contributed by atoms with E-state index in [9.17, 15) is 8.78 Å². The lowest BCUT2D eigenvalue weighted by molar-refractivity contribution is -0.107. The van der Waals surface area contributed by atoms with Crippen molar-refractivity contribution < 1.29 is 13.5 Å². The number of ether oxygens (including phenoxy) is 1. The number of morpholine rings is 1. The average molecular weight is 267 g/mol. The Bertz CT molecular complexity index is 437. The van der Waals surface area contributed by atoms with E-state index < -0.39 is 11.6 Å². The van der Waals surface area contributed by atoms with Crippen LogP contribution in [0.2, 0.25) is 0 Å². The van der Waals surface area contributed by atoms with Crippen molar-refractivity contribution in [3.8, 4) is 0 Å². The van der Waals surface area contributed by atoms with Crippen LogP contribution in [0, 0.1) is 11.6 Å². The molecule has 1 aromatic carbocycles. The lowest BCUT2D eigenvalue weighted by Crippen LogP contribution is -2.49. The molecule has 2 nitrogen and oxygen atoms in total. The molecular weight excluding hydrogens is 248 g/mol. The topological polar surface area (TPSA) is 12.5 Å². The van der Waals surface area contributed by atoms with Gasteiger partial charge in [-0.1, -0.05) is 12.8 Å². The molecule has 104 valence electrons. The molecule has 0 unspecified atom stereocenters. The first-order chi connectivity index (χ1) is 9.15. The quantitative estimate of drug-likeness (QED) is 0.816. The number of hydrogen-bond acceptors (Lipinski definition) is 2. The molecule has 3 rings (SSSR count). The van der Waals surface area contributed by atoms with Crippen LogP contribution in [0.3, 0.4) is 0 Å². The minimum Gasteiger partial charge on any atom is -0.372 e. The third-order valence-corrected chi connectivity index (χ3v) is 4.17. The molecule has 0 radical (unpaired) electrons. The van der Waals surface area contributed by atoms with Crippen molar-refractivity contribution in [1.29, 1.82) is 0 Å². The highest BCUT2D eigenvalue weighted by molar-refractivity contribution is 5.18. The summed E-state index contributed by atoms with van der Waals surface area (Å²) < 4.78 is 32.3. The minimum atomic E-state index is -0.501. The summed E-state index contributed by atoms with van der Waals surface area (Å²) in [7, 11) is 0. The van der Waals surface area contributed by atoms with Crippen LogP contribution in [0.1, 0.15) is 31.2 Å². The molecule has 1 aromatic rings. The zero-order valence-electron chi connectivity index (χ0n) is 11.0. The first-order valence-electron chi connectivity index (χ1n) is 6.97. The number of rotatable bonds is 2. The largest absolute Gasteiger partial charge is 0.372 e. The summed E-state index contributed by atoms with van der Waals surface area (Å²) >= 11 is 0. The Morgan fingerprint density at radius 1 is 1.11 bits per heavy atom. The summed E-state index contributed by atoms with van der Waals surface area (Å²) in [6.07, 6.45) is 4.67. The van der Waals surface area contributed by atoms with Crippen molar-refractivity contribution >= 4 is 0 Å². The van der Waals surface area contributed by atoms with Crippen LogP contribution < -0.4 is 0 Å². The monoisotopic (exact) mass is 267 g/mol. The second kappa shape index (κ2) is 5.17. The van der Waals surface area contributed by atoms with Crippen LogP contribution in [-0.4, -0.2) is 30.2 Å². The zero-order valence-corrected chi connectivity index (χ0v) is 11.0. The van der Waals surface area contributed by atoms with Gasteiger partial charge >= 0.3 is 0 Å². The van der Waals surface area contributed by atoms with E-state index in [0.29, 0.717) is 12.1 Å². The van der Waals surface area contributed by atoms with Gasteiger partial charge in [-0.05, 0) is 30.5 Å². The summed E-state index contributed by atoms with van der Waals surface area (Å²) in [6, 6.07) is 3.75. The molecule has 4 heteroatoms. The van der Waals surface area contributed by atoms with Gasteiger partial charge in [0.05, 0.1) is 12.2 Å². The van der Waals surface area contributed by atoms with E-state index in [1.165, 1.54) is 25.0 Å². The Labute approximate surface area is 112 Å². The van der Waals surface area contributed by atoms with Crippen molar-refractivity contribution in [2.45, 2.75) is 37.8 Å². The van der Waals surface area contributed by atoms with Crippen LogP contribution in [0.5, 0.6) is 0 Å². The van der Waals surface area contributed by atoms with E-state index in [1.807, 2.05) is 0 Å². The van der Waals surface area contributed by atoms with Gasteiger partial charge in [-0.15, -0.1) is 0 Å². The van der Waals surface area contributed by atoms with E-state index in [2.05, 4.69) is 4.90 Å². The average Bonchev–Trinajstić information content (AvgIpc) is 2.76. The van der Waals surface area contributed by atoms with Gasteiger partial charge in [0.25, 0.3) is 0 Å². The molecule has 1 aliphatic carbocycles. The summed E-state index contributed by atoms with van der Waals surface area (Å²) in [5.74, 6) is -1.00. The van der Waals surface area contributed by atoms with Crippen molar-refractivity contribution in [3.05, 3.63) is 35.4 Å². The fourth-order valence-corrected chi connectivity index (χ4v) is 3.34. The second-order valence-corrected chi connectivity index (χ2v) is 5.73. The fourth-order valence-electron chi connectivity index (χ4n) is 3.34. The molecule has 0 aromatic heterocycles. The molecule has 2 fully saturated rings. The maximum atomic E-state index is 13.2. The first-order valence-corrected chi connectivity index (χ1v) is 6.97. The smallest absolute Gasteiger partial charge is 0.126 e. The van der Waals surface area contributed by atoms with Gasteiger partial charge in [-0.2, -0.15) is 0 Å². The third kappa shape index (κ3) is 2.95. The zero-order chi connectivity index (χ0) is 13.3. The maximum absolute atomic E-state index is 13.2. The Hall–Kier alpha value is -1.00. The van der Waals surface area contributed by atoms with Crippen molar-refractivity contribution in [1.82, 2.24) is 4.90 Å². The standard InChI is InChI=1S/C15H19F2NO/c16-13-7-12(8-14(17)9-13)10-18-5-6-19-15(11-18)3-1-2-4-15/h7-9H,1-6,10-11H2. The van der Waals surface area contributed by atoms with Crippen LogP contribution in [0.4, 0.5) is 8.78 Å². The van der Waals surface area contributed by atoms with Crippen LogP contribution >= 0.6 is 0 Å². The summed E-state index contributed by atoms with van der Waals surface area (Å²) in [5, 5.41) is 0. The van der Waals surface area contributed by atoms with Gasteiger partial charge in [0.2, 0.25) is 0 Å². The molecule has 19 heavy (non-hydrogen) atoms. The predicted octanol–water partition coefficient (Wildman–Crippen LogP) is 3.11. The van der Waals surface area contributed by atoms with Gasteiger partial charge in [-0.3, -0.25) is 4.90 Å². The molecule has 1 aliphatic heterocycles. The predicted molar refractivity (Wildman–Crippen MR) is 68.8 cm³/mol. The molecule has 2 aliphatic rings. The van der Waals surface area contributed by atoms with Crippen LogP contribution in [0.25, 0.3) is 0 Å². The fraction of sp³-hybridized carbons (Fsp3) is 0.600. The highest BCUT2D eigenvalue weighted by Gasteiger charge is 2.39. The molecule has 1 spiro atoms. The summed E-state index contributed by atoms with van der Waals surface area (Å²) in [4.78, 5) is 2.25. The van der Waals surface area contributed by atoms with E-state index in [-0.39, 0.29) is 5.60 Å². The number of nitrogens with zero attached hydrogens (tertiary/aromatic N) is 1. The number of benzene rings is 1. The Balaban J connectivity index is 1.69. The lowest BCUT2D eigenvalue weighted by atomic mass is 9.99. The van der Waals surface area contributed by atoms with E-state index in [4.69, 9.17) is 4.74 Å². The van der Waals surface area contributed by atoms with Gasteiger partial charge in [0.1, 0.15) is 11.6 Å². The maximum Gasteiger partial charge on any atom is 0.126 e. The molecule has 0 bridgehead atoms. The first kappa shape index (κ1) is 13.0. The highest BCUT2D eigenvalue weighted by Crippen LogP contribution is 2.36. The Morgan fingerprint density at radius 3 is 2.47 bits per heavy atom. The number of halogens is 2. The van der Waals surface area contributed by atoms with Crippen molar-refractivity contribution in [2.75, 3.05) is 19.7 Å².